The smallest absolute Gasteiger partial charge is 0.348 e. The van der Waals surface area contributed by atoms with E-state index in [1.165, 1.54) is 44.9 Å². The first kappa shape index (κ1) is 18.7. The maximum absolute atomic E-state index is 11.5. The summed E-state index contributed by atoms with van der Waals surface area (Å²) < 4.78 is 4.88. The Labute approximate surface area is 124 Å². The van der Waals surface area contributed by atoms with Gasteiger partial charge in [0.15, 0.2) is 0 Å². The van der Waals surface area contributed by atoms with Crippen LogP contribution in [0.4, 0.5) is 0 Å². The molecule has 0 aliphatic heterocycles. The lowest BCUT2D eigenvalue weighted by Crippen LogP contribution is -2.08. The summed E-state index contributed by atoms with van der Waals surface area (Å²) in [7, 11) is 0. The number of allylic oxidation sites excluding steroid dienone is 1. The Morgan fingerprint density at radius 2 is 1.55 bits per heavy atom. The fourth-order valence-corrected chi connectivity index (χ4v) is 2.17. The molecule has 3 heteroatoms. The van der Waals surface area contributed by atoms with Gasteiger partial charge >= 0.3 is 5.97 Å². The summed E-state index contributed by atoms with van der Waals surface area (Å²) in [6.45, 7) is 6.15. The van der Waals surface area contributed by atoms with Crippen molar-refractivity contribution in [2.45, 2.75) is 78.6 Å². The molecule has 0 heterocycles. The summed E-state index contributed by atoms with van der Waals surface area (Å²) in [6.07, 6.45) is 10.9. The van der Waals surface area contributed by atoms with Crippen LogP contribution in [0.2, 0.25) is 0 Å². The third kappa shape index (κ3) is 8.74. The Bertz CT molecular complexity index is 339. The predicted octanol–water partition coefficient (Wildman–Crippen LogP) is 4.92. The molecule has 114 valence electrons. The molecule has 3 nitrogen and oxygen atoms in total. The molecule has 0 aromatic carbocycles. The second-order valence-corrected chi connectivity index (χ2v) is 5.21. The molecule has 0 radical (unpaired) electrons. The van der Waals surface area contributed by atoms with Crippen LogP contribution >= 0.6 is 0 Å². The standard InChI is InChI=1S/C17H29NO2/c1-4-6-7-8-9-10-11-12-13-15(3)16(14-18)17(19)20-5-2/h4-13H2,1-3H3/b16-15-. The number of nitriles is 1. The normalized spacial score (nSPS) is 11.7. The molecule has 0 unspecified atom stereocenters. The van der Waals surface area contributed by atoms with E-state index in [2.05, 4.69) is 6.92 Å². The highest BCUT2D eigenvalue weighted by Crippen LogP contribution is 2.16. The highest BCUT2D eigenvalue weighted by Gasteiger charge is 2.13. The van der Waals surface area contributed by atoms with Crippen molar-refractivity contribution in [1.82, 2.24) is 0 Å². The Hall–Kier alpha value is -1.30. The molecule has 0 amide bonds. The first-order valence-corrected chi connectivity index (χ1v) is 7.94. The number of ether oxygens (including phenoxy) is 1. The third-order valence-corrected chi connectivity index (χ3v) is 3.42. The molecule has 0 rings (SSSR count). The van der Waals surface area contributed by atoms with Gasteiger partial charge in [-0.05, 0) is 32.3 Å². The average Bonchev–Trinajstić information content (AvgIpc) is 2.43. The Morgan fingerprint density at radius 3 is 2.05 bits per heavy atom. The van der Waals surface area contributed by atoms with Crippen LogP contribution < -0.4 is 0 Å². The topological polar surface area (TPSA) is 50.1 Å². The maximum atomic E-state index is 11.5. The Morgan fingerprint density at radius 1 is 1.00 bits per heavy atom. The highest BCUT2D eigenvalue weighted by atomic mass is 16.5. The first-order chi connectivity index (χ1) is 9.67. The van der Waals surface area contributed by atoms with Crippen molar-refractivity contribution in [2.75, 3.05) is 6.61 Å². The first-order valence-electron chi connectivity index (χ1n) is 7.94. The van der Waals surface area contributed by atoms with Gasteiger partial charge in [-0.25, -0.2) is 4.79 Å². The van der Waals surface area contributed by atoms with Gasteiger partial charge in [-0.1, -0.05) is 51.9 Å². The molecular weight excluding hydrogens is 250 g/mol. The molecule has 0 saturated heterocycles. The van der Waals surface area contributed by atoms with E-state index in [0.717, 1.165) is 18.4 Å². The van der Waals surface area contributed by atoms with E-state index in [4.69, 9.17) is 10.00 Å². The van der Waals surface area contributed by atoms with E-state index in [1.807, 2.05) is 13.0 Å². The van der Waals surface area contributed by atoms with E-state index in [1.54, 1.807) is 6.92 Å². The number of nitrogens with zero attached hydrogens (tertiary/aromatic N) is 1. The lowest BCUT2D eigenvalue weighted by Gasteiger charge is -2.05. The van der Waals surface area contributed by atoms with Crippen molar-refractivity contribution >= 4 is 5.97 Å². The van der Waals surface area contributed by atoms with E-state index in [-0.39, 0.29) is 5.57 Å². The maximum Gasteiger partial charge on any atom is 0.348 e. The lowest BCUT2D eigenvalue weighted by molar-refractivity contribution is -0.138. The number of hydrogen-bond acceptors (Lipinski definition) is 3. The highest BCUT2D eigenvalue weighted by molar-refractivity contribution is 5.93. The van der Waals surface area contributed by atoms with Crippen molar-refractivity contribution in [3.8, 4) is 6.07 Å². The fraction of sp³-hybridized carbons (Fsp3) is 0.765. The lowest BCUT2D eigenvalue weighted by atomic mass is 10.0. The van der Waals surface area contributed by atoms with Crippen molar-refractivity contribution in [3.63, 3.8) is 0 Å². The number of rotatable bonds is 11. The summed E-state index contributed by atoms with van der Waals surface area (Å²) in [5.74, 6) is -0.480. The molecule has 0 aromatic rings. The molecule has 0 saturated carbocycles. The summed E-state index contributed by atoms with van der Waals surface area (Å²) in [5.41, 5.74) is 1.05. The molecule has 0 atom stereocenters. The number of unbranched alkanes of at least 4 members (excludes halogenated alkanes) is 7. The van der Waals surface area contributed by atoms with Crippen LogP contribution in [0, 0.1) is 11.3 Å². The zero-order valence-electron chi connectivity index (χ0n) is 13.3. The Kier molecular flexibility index (Phi) is 11.9. The summed E-state index contributed by atoms with van der Waals surface area (Å²) in [4.78, 5) is 11.5. The van der Waals surface area contributed by atoms with Gasteiger partial charge in [0.1, 0.15) is 11.6 Å². The van der Waals surface area contributed by atoms with Crippen LogP contribution in [-0.4, -0.2) is 12.6 Å². The van der Waals surface area contributed by atoms with Gasteiger partial charge in [0.05, 0.1) is 6.61 Å². The molecule has 0 spiro atoms. The van der Waals surface area contributed by atoms with Crippen molar-refractivity contribution in [2.24, 2.45) is 0 Å². The molecule has 0 aliphatic rings. The van der Waals surface area contributed by atoms with Gasteiger partial charge < -0.3 is 4.74 Å². The number of carbonyl (C=O) groups is 1. The van der Waals surface area contributed by atoms with Crippen molar-refractivity contribution < 1.29 is 9.53 Å². The monoisotopic (exact) mass is 279 g/mol. The molecule has 0 N–H and O–H groups in total. The van der Waals surface area contributed by atoms with Gasteiger partial charge in [-0.15, -0.1) is 0 Å². The van der Waals surface area contributed by atoms with E-state index < -0.39 is 5.97 Å². The SMILES string of the molecule is CCCCCCCCCC/C(C)=C(/C#N)C(=O)OCC. The summed E-state index contributed by atoms with van der Waals surface area (Å²) in [6, 6.07) is 1.97. The van der Waals surface area contributed by atoms with Crippen LogP contribution in [0.1, 0.15) is 78.6 Å². The van der Waals surface area contributed by atoms with Gasteiger partial charge in [-0.2, -0.15) is 5.26 Å². The van der Waals surface area contributed by atoms with E-state index in [0.29, 0.717) is 6.61 Å². The molecule has 20 heavy (non-hydrogen) atoms. The largest absolute Gasteiger partial charge is 0.462 e. The van der Waals surface area contributed by atoms with Crippen LogP contribution in [0.3, 0.4) is 0 Å². The predicted molar refractivity (Wildman–Crippen MR) is 82.2 cm³/mol. The zero-order valence-corrected chi connectivity index (χ0v) is 13.3. The molecular formula is C17H29NO2. The van der Waals surface area contributed by atoms with Gasteiger partial charge in [-0.3, -0.25) is 0 Å². The second-order valence-electron chi connectivity index (χ2n) is 5.21. The Balaban J connectivity index is 3.87. The van der Waals surface area contributed by atoms with Crippen molar-refractivity contribution in [1.29, 1.82) is 5.26 Å². The molecule has 0 aromatic heterocycles. The van der Waals surface area contributed by atoms with Crippen LogP contribution in [-0.2, 0) is 9.53 Å². The number of hydrogen-bond donors (Lipinski definition) is 0. The minimum Gasteiger partial charge on any atom is -0.462 e. The molecule has 0 bridgehead atoms. The minimum atomic E-state index is -0.480. The number of esters is 1. The van der Waals surface area contributed by atoms with Gasteiger partial charge in [0.25, 0.3) is 0 Å². The van der Waals surface area contributed by atoms with E-state index in [9.17, 15) is 4.79 Å². The van der Waals surface area contributed by atoms with Crippen LogP contribution in [0.25, 0.3) is 0 Å². The number of carbonyl (C=O) groups excluding carboxylic acids is 1. The molecule has 0 fully saturated rings. The van der Waals surface area contributed by atoms with Gasteiger partial charge in [0.2, 0.25) is 0 Å². The third-order valence-electron chi connectivity index (χ3n) is 3.42. The average molecular weight is 279 g/mol. The minimum absolute atomic E-state index is 0.190. The zero-order chi connectivity index (χ0) is 15.2. The quantitative estimate of drug-likeness (QED) is 0.233. The fourth-order valence-electron chi connectivity index (χ4n) is 2.17. The second kappa shape index (κ2) is 12.7. The van der Waals surface area contributed by atoms with Crippen LogP contribution in [0.15, 0.2) is 11.1 Å². The molecule has 0 aliphatic carbocycles. The van der Waals surface area contributed by atoms with Crippen LogP contribution in [0.5, 0.6) is 0 Å². The summed E-state index contributed by atoms with van der Waals surface area (Å²) >= 11 is 0. The summed E-state index contributed by atoms with van der Waals surface area (Å²) in [5, 5.41) is 9.01. The van der Waals surface area contributed by atoms with Gasteiger partial charge in [0, 0.05) is 0 Å². The van der Waals surface area contributed by atoms with E-state index >= 15 is 0 Å². The van der Waals surface area contributed by atoms with Crippen molar-refractivity contribution in [3.05, 3.63) is 11.1 Å².